The fourth-order valence-corrected chi connectivity index (χ4v) is 2.37. The van der Waals surface area contributed by atoms with Crippen molar-refractivity contribution in [2.24, 2.45) is 0 Å². The van der Waals surface area contributed by atoms with Gasteiger partial charge in [0.1, 0.15) is 11.3 Å². The van der Waals surface area contributed by atoms with Crippen LogP contribution < -0.4 is 5.63 Å². The van der Waals surface area contributed by atoms with Crippen LogP contribution >= 0.6 is 11.3 Å². The highest BCUT2D eigenvalue weighted by Gasteiger charge is 2.08. The van der Waals surface area contributed by atoms with Gasteiger partial charge in [0.15, 0.2) is 0 Å². The Bertz CT molecular complexity index is 726. The van der Waals surface area contributed by atoms with E-state index in [9.17, 15) is 9.90 Å². The summed E-state index contributed by atoms with van der Waals surface area (Å²) in [6.07, 6.45) is 0. The molecule has 0 unspecified atom stereocenters. The average Bonchev–Trinajstić information content (AvgIpc) is 2.81. The van der Waals surface area contributed by atoms with Gasteiger partial charge in [0, 0.05) is 11.5 Å². The number of aromatic hydroxyl groups is 1. The van der Waals surface area contributed by atoms with Crippen LogP contribution in [0.2, 0.25) is 0 Å². The first-order valence-corrected chi connectivity index (χ1v) is 5.98. The van der Waals surface area contributed by atoms with Gasteiger partial charge in [-0.05, 0) is 40.6 Å². The second-order valence-corrected chi connectivity index (χ2v) is 4.46. The molecular weight excluding hydrogens is 236 g/mol. The summed E-state index contributed by atoms with van der Waals surface area (Å²) in [5.41, 5.74) is 1.42. The van der Waals surface area contributed by atoms with Gasteiger partial charge in [0.05, 0.1) is 5.56 Å². The SMILES string of the molecule is O=c1oc2cc(O)ccc2cc1-c1ccsc1. The van der Waals surface area contributed by atoms with Crippen LogP contribution in [0.15, 0.2) is 50.3 Å². The Balaban J connectivity index is 2.32. The van der Waals surface area contributed by atoms with Crippen LogP contribution in [0.25, 0.3) is 22.1 Å². The van der Waals surface area contributed by atoms with Crippen molar-refractivity contribution in [1.82, 2.24) is 0 Å². The average molecular weight is 244 g/mol. The Labute approximate surface area is 101 Å². The van der Waals surface area contributed by atoms with E-state index in [0.29, 0.717) is 11.1 Å². The summed E-state index contributed by atoms with van der Waals surface area (Å²) in [7, 11) is 0. The van der Waals surface area contributed by atoms with E-state index in [1.807, 2.05) is 16.8 Å². The molecule has 0 aliphatic heterocycles. The Hall–Kier alpha value is -2.07. The number of rotatable bonds is 1. The summed E-state index contributed by atoms with van der Waals surface area (Å²) in [6, 6.07) is 8.39. The lowest BCUT2D eigenvalue weighted by atomic mass is 10.1. The van der Waals surface area contributed by atoms with Gasteiger partial charge in [-0.1, -0.05) is 0 Å². The Morgan fingerprint density at radius 1 is 1.18 bits per heavy atom. The van der Waals surface area contributed by atoms with Crippen LogP contribution in [0.1, 0.15) is 0 Å². The van der Waals surface area contributed by atoms with Gasteiger partial charge < -0.3 is 9.52 Å². The maximum absolute atomic E-state index is 11.8. The Morgan fingerprint density at radius 3 is 2.82 bits per heavy atom. The van der Waals surface area contributed by atoms with Gasteiger partial charge in [-0.25, -0.2) is 4.79 Å². The van der Waals surface area contributed by atoms with E-state index in [4.69, 9.17) is 4.42 Å². The number of phenolic OH excluding ortho intramolecular Hbond substituents is 1. The highest BCUT2D eigenvalue weighted by atomic mass is 32.1. The van der Waals surface area contributed by atoms with E-state index in [-0.39, 0.29) is 11.4 Å². The molecule has 0 spiro atoms. The van der Waals surface area contributed by atoms with E-state index < -0.39 is 0 Å². The zero-order valence-electron chi connectivity index (χ0n) is 8.71. The fourth-order valence-electron chi connectivity index (χ4n) is 1.72. The van der Waals surface area contributed by atoms with Gasteiger partial charge in [0.25, 0.3) is 0 Å². The normalized spacial score (nSPS) is 10.8. The smallest absolute Gasteiger partial charge is 0.344 e. The maximum atomic E-state index is 11.8. The van der Waals surface area contributed by atoms with Gasteiger partial charge in [-0.15, -0.1) is 0 Å². The molecule has 3 rings (SSSR count). The molecule has 0 atom stereocenters. The first-order valence-electron chi connectivity index (χ1n) is 5.03. The van der Waals surface area contributed by atoms with Gasteiger partial charge in [0.2, 0.25) is 0 Å². The molecule has 3 nitrogen and oxygen atoms in total. The maximum Gasteiger partial charge on any atom is 0.344 e. The summed E-state index contributed by atoms with van der Waals surface area (Å²) in [5.74, 6) is 0.0870. The molecule has 0 saturated carbocycles. The Kier molecular flexibility index (Phi) is 2.23. The van der Waals surface area contributed by atoms with Gasteiger partial charge >= 0.3 is 5.63 Å². The summed E-state index contributed by atoms with van der Waals surface area (Å²) < 4.78 is 5.19. The van der Waals surface area contributed by atoms with E-state index in [1.54, 1.807) is 18.2 Å². The van der Waals surface area contributed by atoms with Crippen LogP contribution in [-0.4, -0.2) is 5.11 Å². The lowest BCUT2D eigenvalue weighted by Gasteiger charge is -2.00. The molecule has 0 aliphatic rings. The molecule has 0 aliphatic carbocycles. The molecule has 1 aromatic carbocycles. The molecule has 1 N–H and O–H groups in total. The third kappa shape index (κ3) is 1.72. The predicted octanol–water partition coefficient (Wildman–Crippen LogP) is 3.23. The van der Waals surface area contributed by atoms with Crippen molar-refractivity contribution in [3.05, 3.63) is 51.5 Å². The molecule has 2 aromatic heterocycles. The lowest BCUT2D eigenvalue weighted by molar-refractivity contribution is 0.473. The molecule has 17 heavy (non-hydrogen) atoms. The van der Waals surface area contributed by atoms with Crippen molar-refractivity contribution in [3.63, 3.8) is 0 Å². The first-order chi connectivity index (χ1) is 8.24. The highest BCUT2D eigenvalue weighted by Crippen LogP contribution is 2.24. The van der Waals surface area contributed by atoms with Gasteiger partial charge in [-0.2, -0.15) is 11.3 Å². The van der Waals surface area contributed by atoms with E-state index >= 15 is 0 Å². The fraction of sp³-hybridized carbons (Fsp3) is 0. The van der Waals surface area contributed by atoms with Crippen molar-refractivity contribution >= 4 is 22.3 Å². The zero-order chi connectivity index (χ0) is 11.8. The molecule has 2 heterocycles. The van der Waals surface area contributed by atoms with Crippen molar-refractivity contribution in [2.45, 2.75) is 0 Å². The van der Waals surface area contributed by atoms with E-state index in [2.05, 4.69) is 0 Å². The summed E-state index contributed by atoms with van der Waals surface area (Å²) in [5, 5.41) is 13.9. The van der Waals surface area contributed by atoms with Crippen molar-refractivity contribution in [2.75, 3.05) is 0 Å². The minimum Gasteiger partial charge on any atom is -0.508 e. The highest BCUT2D eigenvalue weighted by molar-refractivity contribution is 7.08. The second-order valence-electron chi connectivity index (χ2n) is 3.68. The van der Waals surface area contributed by atoms with Crippen LogP contribution in [-0.2, 0) is 0 Å². The summed E-state index contributed by atoms with van der Waals surface area (Å²) in [6.45, 7) is 0. The quantitative estimate of drug-likeness (QED) is 0.668. The molecule has 0 fully saturated rings. The number of phenols is 1. The summed E-state index contributed by atoms with van der Waals surface area (Å²) in [4.78, 5) is 11.8. The van der Waals surface area contributed by atoms with E-state index in [1.165, 1.54) is 17.4 Å². The van der Waals surface area contributed by atoms with Crippen LogP contribution in [0.5, 0.6) is 5.75 Å². The number of benzene rings is 1. The number of hydrogen-bond acceptors (Lipinski definition) is 4. The van der Waals surface area contributed by atoms with Crippen molar-refractivity contribution < 1.29 is 9.52 Å². The lowest BCUT2D eigenvalue weighted by Crippen LogP contribution is -2.01. The van der Waals surface area contributed by atoms with Crippen LogP contribution in [0.4, 0.5) is 0 Å². The van der Waals surface area contributed by atoms with Crippen molar-refractivity contribution in [1.29, 1.82) is 0 Å². The van der Waals surface area contributed by atoms with Crippen LogP contribution in [0, 0.1) is 0 Å². The first kappa shape index (κ1) is 10.1. The van der Waals surface area contributed by atoms with Crippen molar-refractivity contribution in [3.8, 4) is 16.9 Å². The third-order valence-electron chi connectivity index (χ3n) is 2.55. The molecular formula is C13H8O3S. The number of fused-ring (bicyclic) bond motifs is 1. The molecule has 0 saturated heterocycles. The topological polar surface area (TPSA) is 50.4 Å². The largest absolute Gasteiger partial charge is 0.508 e. The van der Waals surface area contributed by atoms with E-state index in [0.717, 1.165) is 10.9 Å². The molecule has 4 heteroatoms. The molecule has 0 amide bonds. The minimum absolute atomic E-state index is 0.0870. The third-order valence-corrected chi connectivity index (χ3v) is 3.23. The van der Waals surface area contributed by atoms with Crippen LogP contribution in [0.3, 0.4) is 0 Å². The van der Waals surface area contributed by atoms with Gasteiger partial charge in [-0.3, -0.25) is 0 Å². The monoisotopic (exact) mass is 244 g/mol. The molecule has 3 aromatic rings. The molecule has 84 valence electrons. The second kappa shape index (κ2) is 3.75. The standard InChI is InChI=1S/C13H8O3S/c14-10-2-1-8-5-11(9-3-4-17-7-9)13(15)16-12(8)6-10/h1-7,14H. The number of thiophene rings is 1. The summed E-state index contributed by atoms with van der Waals surface area (Å²) >= 11 is 1.53. The molecule has 0 radical (unpaired) electrons. The number of hydrogen-bond donors (Lipinski definition) is 1. The minimum atomic E-state index is -0.387. The molecule has 0 bridgehead atoms. The Morgan fingerprint density at radius 2 is 2.06 bits per heavy atom. The predicted molar refractivity (Wildman–Crippen MR) is 67.5 cm³/mol. The zero-order valence-corrected chi connectivity index (χ0v) is 9.53.